The van der Waals surface area contributed by atoms with Crippen LogP contribution < -0.4 is 5.32 Å². The number of thiophene rings is 1. The average molecular weight is 222 g/mol. The summed E-state index contributed by atoms with van der Waals surface area (Å²) in [5.41, 5.74) is 0. The number of aryl methyl sites for hydroxylation is 1. The SMILES string of the molecule is Cc1nnc(CNCc2cccs2)n1C. The second-order valence-electron chi connectivity index (χ2n) is 3.41. The van der Waals surface area contributed by atoms with Gasteiger partial charge in [0, 0.05) is 18.5 Å². The number of hydrogen-bond acceptors (Lipinski definition) is 4. The normalized spacial score (nSPS) is 10.8. The molecule has 0 fully saturated rings. The van der Waals surface area contributed by atoms with Crippen LogP contribution in [-0.4, -0.2) is 14.8 Å². The van der Waals surface area contributed by atoms with Gasteiger partial charge in [0.15, 0.2) is 0 Å². The predicted molar refractivity (Wildman–Crippen MR) is 60.6 cm³/mol. The van der Waals surface area contributed by atoms with Crippen molar-refractivity contribution in [3.8, 4) is 0 Å². The topological polar surface area (TPSA) is 42.7 Å². The standard InChI is InChI=1S/C10H14N4S/c1-8-12-13-10(14(8)2)7-11-6-9-4-3-5-15-9/h3-5,11H,6-7H2,1-2H3. The Bertz CT molecular complexity index is 419. The first-order valence-electron chi connectivity index (χ1n) is 4.85. The quantitative estimate of drug-likeness (QED) is 0.852. The molecule has 0 saturated carbocycles. The van der Waals surface area contributed by atoms with Crippen LogP contribution in [0, 0.1) is 6.92 Å². The van der Waals surface area contributed by atoms with Gasteiger partial charge in [-0.15, -0.1) is 21.5 Å². The molecule has 0 aliphatic carbocycles. The van der Waals surface area contributed by atoms with Gasteiger partial charge in [-0.05, 0) is 18.4 Å². The van der Waals surface area contributed by atoms with Crippen LogP contribution in [0.2, 0.25) is 0 Å². The molecule has 0 atom stereocenters. The van der Waals surface area contributed by atoms with Crippen molar-refractivity contribution in [3.05, 3.63) is 34.0 Å². The Labute approximate surface area is 93.0 Å². The summed E-state index contributed by atoms with van der Waals surface area (Å²) in [6.45, 7) is 3.61. The van der Waals surface area contributed by atoms with E-state index in [1.165, 1.54) is 4.88 Å². The summed E-state index contributed by atoms with van der Waals surface area (Å²) >= 11 is 1.76. The summed E-state index contributed by atoms with van der Waals surface area (Å²) in [6, 6.07) is 4.19. The van der Waals surface area contributed by atoms with E-state index in [0.29, 0.717) is 0 Å². The smallest absolute Gasteiger partial charge is 0.146 e. The lowest BCUT2D eigenvalue weighted by atomic mass is 10.4. The molecule has 2 rings (SSSR count). The van der Waals surface area contributed by atoms with Crippen molar-refractivity contribution in [1.29, 1.82) is 0 Å². The van der Waals surface area contributed by atoms with E-state index in [1.54, 1.807) is 11.3 Å². The lowest BCUT2D eigenvalue weighted by Crippen LogP contribution is -2.15. The largest absolute Gasteiger partial charge is 0.317 e. The molecule has 2 heterocycles. The molecule has 0 radical (unpaired) electrons. The highest BCUT2D eigenvalue weighted by molar-refractivity contribution is 7.09. The molecule has 1 N–H and O–H groups in total. The van der Waals surface area contributed by atoms with Crippen LogP contribution in [-0.2, 0) is 20.1 Å². The second kappa shape index (κ2) is 4.55. The number of nitrogens with one attached hydrogen (secondary N) is 1. The summed E-state index contributed by atoms with van der Waals surface area (Å²) in [6.07, 6.45) is 0. The van der Waals surface area contributed by atoms with Crippen LogP contribution >= 0.6 is 11.3 Å². The molecule has 0 saturated heterocycles. The molecular formula is C10H14N4S. The van der Waals surface area contributed by atoms with Crippen molar-refractivity contribution in [2.45, 2.75) is 20.0 Å². The van der Waals surface area contributed by atoms with Gasteiger partial charge in [0.25, 0.3) is 0 Å². The predicted octanol–water partition coefficient (Wildman–Crippen LogP) is 1.47. The monoisotopic (exact) mass is 222 g/mol. The minimum absolute atomic E-state index is 0.759. The first-order valence-corrected chi connectivity index (χ1v) is 5.73. The lowest BCUT2D eigenvalue weighted by molar-refractivity contribution is 0.639. The number of aromatic nitrogens is 3. The highest BCUT2D eigenvalue weighted by atomic mass is 32.1. The van der Waals surface area contributed by atoms with E-state index >= 15 is 0 Å². The maximum absolute atomic E-state index is 4.09. The maximum Gasteiger partial charge on any atom is 0.146 e. The third-order valence-electron chi connectivity index (χ3n) is 2.35. The van der Waals surface area contributed by atoms with Crippen molar-refractivity contribution >= 4 is 11.3 Å². The molecule has 0 spiro atoms. The molecule has 15 heavy (non-hydrogen) atoms. The van der Waals surface area contributed by atoms with Gasteiger partial charge in [0.05, 0.1) is 6.54 Å². The van der Waals surface area contributed by atoms with E-state index in [4.69, 9.17) is 0 Å². The first kappa shape index (κ1) is 10.3. The van der Waals surface area contributed by atoms with E-state index < -0.39 is 0 Å². The maximum atomic E-state index is 4.09. The molecule has 0 unspecified atom stereocenters. The molecule has 0 aliphatic rings. The van der Waals surface area contributed by atoms with Crippen molar-refractivity contribution in [1.82, 2.24) is 20.1 Å². The number of rotatable bonds is 4. The van der Waals surface area contributed by atoms with Crippen LogP contribution in [0.1, 0.15) is 16.5 Å². The van der Waals surface area contributed by atoms with E-state index in [-0.39, 0.29) is 0 Å². The Balaban J connectivity index is 1.86. The molecule has 0 bridgehead atoms. The van der Waals surface area contributed by atoms with Crippen LogP contribution in [0.5, 0.6) is 0 Å². The highest BCUT2D eigenvalue weighted by Gasteiger charge is 2.03. The van der Waals surface area contributed by atoms with E-state index in [1.807, 2.05) is 18.5 Å². The van der Waals surface area contributed by atoms with E-state index in [9.17, 15) is 0 Å². The molecule has 80 valence electrons. The summed E-state index contributed by atoms with van der Waals surface area (Å²) in [5, 5.41) is 13.5. The van der Waals surface area contributed by atoms with Crippen molar-refractivity contribution in [2.75, 3.05) is 0 Å². The zero-order chi connectivity index (χ0) is 10.7. The fourth-order valence-electron chi connectivity index (χ4n) is 1.32. The van der Waals surface area contributed by atoms with Gasteiger partial charge >= 0.3 is 0 Å². The molecule has 2 aromatic heterocycles. The number of hydrogen-bond donors (Lipinski definition) is 1. The summed E-state index contributed by atoms with van der Waals surface area (Å²) in [5.74, 6) is 1.92. The van der Waals surface area contributed by atoms with Gasteiger partial charge in [-0.25, -0.2) is 0 Å². The zero-order valence-electron chi connectivity index (χ0n) is 8.90. The van der Waals surface area contributed by atoms with Gasteiger partial charge in [-0.2, -0.15) is 0 Å². The van der Waals surface area contributed by atoms with Crippen molar-refractivity contribution in [2.24, 2.45) is 7.05 Å². The highest BCUT2D eigenvalue weighted by Crippen LogP contribution is 2.07. The van der Waals surface area contributed by atoms with Gasteiger partial charge < -0.3 is 9.88 Å². The Kier molecular flexibility index (Phi) is 3.13. The summed E-state index contributed by atoms with van der Waals surface area (Å²) in [7, 11) is 1.98. The van der Waals surface area contributed by atoms with Crippen LogP contribution in [0.15, 0.2) is 17.5 Å². The minimum atomic E-state index is 0.759. The Morgan fingerprint density at radius 2 is 2.27 bits per heavy atom. The average Bonchev–Trinajstić information content (AvgIpc) is 2.83. The Hall–Kier alpha value is -1.20. The number of nitrogens with zero attached hydrogens (tertiary/aromatic N) is 3. The Morgan fingerprint density at radius 3 is 2.87 bits per heavy atom. The first-order chi connectivity index (χ1) is 7.27. The second-order valence-corrected chi connectivity index (χ2v) is 4.44. The van der Waals surface area contributed by atoms with Crippen molar-refractivity contribution < 1.29 is 0 Å². The lowest BCUT2D eigenvalue weighted by Gasteiger charge is -2.02. The van der Waals surface area contributed by atoms with E-state index in [0.717, 1.165) is 24.7 Å². The van der Waals surface area contributed by atoms with Crippen LogP contribution in [0.4, 0.5) is 0 Å². The summed E-state index contributed by atoms with van der Waals surface area (Å²) < 4.78 is 2.00. The molecule has 2 aromatic rings. The van der Waals surface area contributed by atoms with Gasteiger partial charge in [0.2, 0.25) is 0 Å². The Morgan fingerprint density at radius 1 is 1.40 bits per heavy atom. The van der Waals surface area contributed by atoms with Crippen LogP contribution in [0.3, 0.4) is 0 Å². The van der Waals surface area contributed by atoms with Crippen LogP contribution in [0.25, 0.3) is 0 Å². The molecule has 0 amide bonds. The zero-order valence-corrected chi connectivity index (χ0v) is 9.71. The fraction of sp³-hybridized carbons (Fsp3) is 0.400. The third-order valence-corrected chi connectivity index (χ3v) is 3.22. The fourth-order valence-corrected chi connectivity index (χ4v) is 1.99. The molecule has 4 nitrogen and oxygen atoms in total. The molecule has 0 aromatic carbocycles. The van der Waals surface area contributed by atoms with E-state index in [2.05, 4.69) is 33.0 Å². The van der Waals surface area contributed by atoms with Gasteiger partial charge in [-0.3, -0.25) is 0 Å². The van der Waals surface area contributed by atoms with Gasteiger partial charge in [0.1, 0.15) is 11.6 Å². The van der Waals surface area contributed by atoms with Gasteiger partial charge in [-0.1, -0.05) is 6.07 Å². The minimum Gasteiger partial charge on any atom is -0.317 e. The molecule has 0 aliphatic heterocycles. The summed E-state index contributed by atoms with van der Waals surface area (Å²) in [4.78, 5) is 1.34. The molecular weight excluding hydrogens is 208 g/mol. The third kappa shape index (κ3) is 2.43. The van der Waals surface area contributed by atoms with Crippen molar-refractivity contribution in [3.63, 3.8) is 0 Å². The molecule has 5 heteroatoms.